The van der Waals surface area contributed by atoms with Gasteiger partial charge in [-0.3, -0.25) is 0 Å². The number of aromatic nitrogens is 3. The monoisotopic (exact) mass is 189 g/mol. The van der Waals surface area contributed by atoms with Crippen molar-refractivity contribution in [1.82, 2.24) is 14.8 Å². The van der Waals surface area contributed by atoms with Crippen LogP contribution in [-0.2, 0) is 0 Å². The van der Waals surface area contributed by atoms with E-state index in [1.54, 1.807) is 11.0 Å². The van der Waals surface area contributed by atoms with Crippen molar-refractivity contribution in [2.45, 2.75) is 13.0 Å². The van der Waals surface area contributed by atoms with E-state index < -0.39 is 0 Å². The lowest BCUT2D eigenvalue weighted by Gasteiger charge is -2.04. The van der Waals surface area contributed by atoms with Gasteiger partial charge in [0.15, 0.2) is 0 Å². The molecule has 3 N–H and O–H groups in total. The second-order valence-corrected chi connectivity index (χ2v) is 3.33. The Morgan fingerprint density at radius 2 is 2.00 bits per heavy atom. The van der Waals surface area contributed by atoms with Gasteiger partial charge in [0.25, 0.3) is 0 Å². The van der Waals surface area contributed by atoms with Gasteiger partial charge < -0.3 is 5.73 Å². The summed E-state index contributed by atoms with van der Waals surface area (Å²) < 4.78 is 1.73. The van der Waals surface area contributed by atoms with Crippen LogP contribution in [0.5, 0.6) is 0 Å². The summed E-state index contributed by atoms with van der Waals surface area (Å²) in [6, 6.07) is 8.49. The summed E-state index contributed by atoms with van der Waals surface area (Å²) in [5.41, 5.74) is 6.22. The van der Waals surface area contributed by atoms with Gasteiger partial charge in [0.05, 0.1) is 5.69 Å². The minimum absolute atomic E-state index is 0.319. The van der Waals surface area contributed by atoms with Crippen LogP contribution < -0.4 is 5.73 Å². The first-order valence-corrected chi connectivity index (χ1v) is 4.55. The molecule has 0 aliphatic rings. The average molecular weight is 189 g/mol. The Morgan fingerprint density at radius 3 is 2.50 bits per heavy atom. The molecule has 2 rings (SSSR count). The molecule has 4 heteroatoms. The van der Waals surface area contributed by atoms with E-state index in [9.17, 15) is 0 Å². The molecule has 0 spiro atoms. The number of nitrogens with zero attached hydrogens (tertiary/aromatic N) is 3. The molecule has 0 aliphatic carbocycles. The van der Waals surface area contributed by atoms with Gasteiger partial charge in [-0.2, -0.15) is 5.10 Å². The smallest absolute Gasteiger partial charge is 0.138 e. The molecule has 0 radical (unpaired) electrons. The van der Waals surface area contributed by atoms with Gasteiger partial charge >= 0.3 is 0 Å². The third-order valence-electron chi connectivity index (χ3n) is 2.15. The summed E-state index contributed by atoms with van der Waals surface area (Å²) in [4.78, 5) is 3.90. The largest absolute Gasteiger partial charge is 0.352 e. The standard InChI is InChI=1S/C10H12N4/c1-8(11)9-2-4-10(5-3-9)14-7-12-6-13-14/h2-8H,11H2,1H3/p+1/t8-/m1/s1. The third kappa shape index (κ3) is 1.65. The van der Waals surface area contributed by atoms with Gasteiger partial charge in [-0.1, -0.05) is 12.1 Å². The highest BCUT2D eigenvalue weighted by atomic mass is 15.3. The maximum Gasteiger partial charge on any atom is 0.138 e. The van der Waals surface area contributed by atoms with E-state index in [0.717, 1.165) is 5.69 Å². The lowest BCUT2D eigenvalue weighted by Crippen LogP contribution is -2.51. The molecule has 0 fully saturated rings. The van der Waals surface area contributed by atoms with E-state index in [-0.39, 0.29) is 0 Å². The summed E-state index contributed by atoms with van der Waals surface area (Å²) in [5.74, 6) is 0. The number of quaternary nitrogens is 1. The van der Waals surface area contributed by atoms with E-state index in [4.69, 9.17) is 0 Å². The minimum atomic E-state index is 0.319. The van der Waals surface area contributed by atoms with Crippen molar-refractivity contribution in [2.75, 3.05) is 0 Å². The number of hydrogen-bond donors (Lipinski definition) is 1. The first-order valence-electron chi connectivity index (χ1n) is 4.55. The Hall–Kier alpha value is -1.68. The predicted octanol–water partition coefficient (Wildman–Crippen LogP) is 0.570. The second-order valence-electron chi connectivity index (χ2n) is 3.33. The highest BCUT2D eigenvalue weighted by Gasteiger charge is 2.02. The third-order valence-corrected chi connectivity index (χ3v) is 2.15. The van der Waals surface area contributed by atoms with Gasteiger partial charge in [-0.05, 0) is 19.1 Å². The van der Waals surface area contributed by atoms with Crippen LogP contribution in [0.25, 0.3) is 5.69 Å². The van der Waals surface area contributed by atoms with Crippen LogP contribution in [-0.4, -0.2) is 14.8 Å². The van der Waals surface area contributed by atoms with Gasteiger partial charge in [0.2, 0.25) is 0 Å². The predicted molar refractivity (Wildman–Crippen MR) is 52.7 cm³/mol. The number of rotatable bonds is 2. The Morgan fingerprint density at radius 1 is 1.29 bits per heavy atom. The van der Waals surface area contributed by atoms with Crippen molar-refractivity contribution in [2.24, 2.45) is 0 Å². The highest BCUT2D eigenvalue weighted by Crippen LogP contribution is 2.11. The molecule has 1 aromatic heterocycles. The maximum absolute atomic E-state index is 4.05. The SMILES string of the molecule is C[C@@H]([NH3+])c1ccc(-n2cncn2)cc1. The first-order chi connectivity index (χ1) is 6.77. The van der Waals surface area contributed by atoms with Crippen LogP contribution in [0.4, 0.5) is 0 Å². The number of hydrogen-bond acceptors (Lipinski definition) is 2. The fourth-order valence-electron chi connectivity index (χ4n) is 1.30. The zero-order chi connectivity index (χ0) is 9.97. The Bertz CT molecular complexity index is 389. The van der Waals surface area contributed by atoms with Crippen LogP contribution in [0.15, 0.2) is 36.9 Å². The quantitative estimate of drug-likeness (QED) is 0.750. The molecular formula is C10H13N4+. The molecule has 0 unspecified atom stereocenters. The maximum atomic E-state index is 4.05. The topological polar surface area (TPSA) is 58.4 Å². The van der Waals surface area contributed by atoms with Crippen molar-refractivity contribution in [3.8, 4) is 5.69 Å². The zero-order valence-corrected chi connectivity index (χ0v) is 8.09. The van der Waals surface area contributed by atoms with E-state index >= 15 is 0 Å². The molecule has 1 aromatic carbocycles. The van der Waals surface area contributed by atoms with Crippen molar-refractivity contribution in [3.63, 3.8) is 0 Å². The number of benzene rings is 1. The molecule has 0 saturated heterocycles. The molecule has 0 saturated carbocycles. The van der Waals surface area contributed by atoms with Crippen LogP contribution in [0.3, 0.4) is 0 Å². The average Bonchev–Trinajstić information content (AvgIpc) is 2.71. The van der Waals surface area contributed by atoms with Crippen molar-refractivity contribution >= 4 is 0 Å². The molecule has 1 atom stereocenters. The minimum Gasteiger partial charge on any atom is -0.352 e. The van der Waals surface area contributed by atoms with Crippen molar-refractivity contribution in [3.05, 3.63) is 42.5 Å². The zero-order valence-electron chi connectivity index (χ0n) is 8.09. The Balaban J connectivity index is 2.31. The molecule has 72 valence electrons. The highest BCUT2D eigenvalue weighted by molar-refractivity contribution is 5.33. The van der Waals surface area contributed by atoms with E-state index in [0.29, 0.717) is 6.04 Å². The fraction of sp³-hybridized carbons (Fsp3) is 0.200. The molecule has 4 nitrogen and oxygen atoms in total. The fourth-order valence-corrected chi connectivity index (χ4v) is 1.30. The van der Waals surface area contributed by atoms with Crippen molar-refractivity contribution in [1.29, 1.82) is 0 Å². The van der Waals surface area contributed by atoms with Crippen LogP contribution in [0.2, 0.25) is 0 Å². The Labute approximate surface area is 82.4 Å². The lowest BCUT2D eigenvalue weighted by molar-refractivity contribution is -0.420. The summed E-state index contributed by atoms with van der Waals surface area (Å²) in [6.07, 6.45) is 3.21. The molecule has 0 aliphatic heterocycles. The second kappa shape index (κ2) is 3.59. The molecule has 0 bridgehead atoms. The van der Waals surface area contributed by atoms with Crippen molar-refractivity contribution < 1.29 is 5.73 Å². The van der Waals surface area contributed by atoms with Crippen LogP contribution in [0.1, 0.15) is 18.5 Å². The molecule has 0 amide bonds. The molecular weight excluding hydrogens is 176 g/mol. The summed E-state index contributed by atoms with van der Waals surface area (Å²) in [6.45, 7) is 2.07. The molecule has 14 heavy (non-hydrogen) atoms. The summed E-state index contributed by atoms with van der Waals surface area (Å²) in [7, 11) is 0. The lowest BCUT2D eigenvalue weighted by atomic mass is 10.1. The van der Waals surface area contributed by atoms with Gasteiger partial charge in [0, 0.05) is 5.56 Å². The molecule has 1 heterocycles. The van der Waals surface area contributed by atoms with E-state index in [1.165, 1.54) is 11.9 Å². The van der Waals surface area contributed by atoms with Gasteiger partial charge in [-0.15, -0.1) is 0 Å². The molecule has 2 aromatic rings. The van der Waals surface area contributed by atoms with Crippen LogP contribution in [0, 0.1) is 0 Å². The Kier molecular flexibility index (Phi) is 2.28. The van der Waals surface area contributed by atoms with Gasteiger partial charge in [0.1, 0.15) is 18.7 Å². The first kappa shape index (κ1) is 8.90. The van der Waals surface area contributed by atoms with Gasteiger partial charge in [-0.25, -0.2) is 9.67 Å². The van der Waals surface area contributed by atoms with E-state index in [1.807, 2.05) is 12.1 Å². The summed E-state index contributed by atoms with van der Waals surface area (Å²) >= 11 is 0. The summed E-state index contributed by atoms with van der Waals surface area (Å²) in [5, 5.41) is 4.05. The van der Waals surface area contributed by atoms with Crippen LogP contribution >= 0.6 is 0 Å². The normalized spacial score (nSPS) is 12.7. The van der Waals surface area contributed by atoms with E-state index in [2.05, 4.69) is 34.9 Å².